The van der Waals surface area contributed by atoms with Crippen LogP contribution in [0.25, 0.3) is 0 Å². The van der Waals surface area contributed by atoms with Gasteiger partial charge in [0.25, 0.3) is 0 Å². The number of alkyl halides is 1. The lowest BCUT2D eigenvalue weighted by Crippen LogP contribution is -2.51. The summed E-state index contributed by atoms with van der Waals surface area (Å²) in [5.41, 5.74) is -2.66. The molecule has 1 unspecified atom stereocenters. The zero-order chi connectivity index (χ0) is 10.2. The van der Waals surface area contributed by atoms with Crippen molar-refractivity contribution in [1.82, 2.24) is 5.32 Å². The highest BCUT2D eigenvalue weighted by Crippen LogP contribution is 2.49. The Labute approximate surface area is 82.7 Å². The van der Waals surface area contributed by atoms with Crippen LogP contribution < -0.4 is 5.32 Å². The van der Waals surface area contributed by atoms with E-state index in [0.29, 0.717) is 19.4 Å². The molecule has 1 saturated carbocycles. The van der Waals surface area contributed by atoms with Gasteiger partial charge in [0.15, 0.2) is 0 Å². The van der Waals surface area contributed by atoms with Gasteiger partial charge in [0.05, 0.1) is 0 Å². The highest BCUT2D eigenvalue weighted by molar-refractivity contribution is 5.79. The number of hydrogen-bond donors (Lipinski definition) is 2. The number of carbonyl (C=O) groups is 1. The zero-order valence-corrected chi connectivity index (χ0v) is 8.18. The second-order valence-corrected chi connectivity index (χ2v) is 4.55. The molecule has 2 aliphatic rings. The van der Waals surface area contributed by atoms with Crippen molar-refractivity contribution in [2.75, 3.05) is 13.1 Å². The second kappa shape index (κ2) is 3.19. The Morgan fingerprint density at radius 1 is 1.21 bits per heavy atom. The summed E-state index contributed by atoms with van der Waals surface area (Å²) in [5.74, 6) is -1.29. The Kier molecular flexibility index (Phi) is 2.26. The van der Waals surface area contributed by atoms with Gasteiger partial charge >= 0.3 is 5.97 Å². The maximum Gasteiger partial charge on any atom is 0.343 e. The average Bonchev–Trinajstić information content (AvgIpc) is 2.47. The van der Waals surface area contributed by atoms with E-state index >= 15 is 0 Å². The maximum atomic E-state index is 14.3. The maximum absolute atomic E-state index is 14.3. The van der Waals surface area contributed by atoms with Crippen molar-refractivity contribution in [3.8, 4) is 0 Å². The monoisotopic (exact) mass is 201 g/mol. The van der Waals surface area contributed by atoms with E-state index in [-0.39, 0.29) is 6.54 Å². The van der Waals surface area contributed by atoms with Crippen molar-refractivity contribution < 1.29 is 14.3 Å². The third-order valence-corrected chi connectivity index (χ3v) is 3.82. The van der Waals surface area contributed by atoms with E-state index in [9.17, 15) is 9.18 Å². The third kappa shape index (κ3) is 1.16. The fraction of sp³-hybridized carbons (Fsp3) is 0.900. The molecule has 0 aromatic heterocycles. The minimum atomic E-state index is -2.03. The smallest absolute Gasteiger partial charge is 0.343 e. The summed E-state index contributed by atoms with van der Waals surface area (Å²) in [6, 6.07) is 0. The Morgan fingerprint density at radius 3 is 2.43 bits per heavy atom. The van der Waals surface area contributed by atoms with Crippen LogP contribution in [-0.4, -0.2) is 29.8 Å². The van der Waals surface area contributed by atoms with E-state index in [1.807, 2.05) is 0 Å². The number of aliphatic carboxylic acids is 1. The van der Waals surface area contributed by atoms with E-state index in [1.54, 1.807) is 0 Å². The summed E-state index contributed by atoms with van der Waals surface area (Å²) in [4.78, 5) is 11.0. The topological polar surface area (TPSA) is 49.3 Å². The standard InChI is InChI=1S/C10H16FNO2/c11-10(8(13)14)7-12-6-9(10)4-2-1-3-5-9/h12H,1-7H2,(H,13,14). The Balaban J connectivity index is 2.27. The Bertz CT molecular complexity index is 251. The molecular formula is C10H16FNO2. The molecule has 0 radical (unpaired) electrons. The highest BCUT2D eigenvalue weighted by atomic mass is 19.1. The molecule has 2 fully saturated rings. The van der Waals surface area contributed by atoms with Crippen molar-refractivity contribution in [3.05, 3.63) is 0 Å². The molecule has 0 aromatic rings. The minimum Gasteiger partial charge on any atom is -0.479 e. The van der Waals surface area contributed by atoms with E-state index in [4.69, 9.17) is 5.11 Å². The van der Waals surface area contributed by atoms with Crippen molar-refractivity contribution in [1.29, 1.82) is 0 Å². The summed E-state index contributed by atoms with van der Waals surface area (Å²) in [7, 11) is 0. The molecule has 1 aliphatic carbocycles. The van der Waals surface area contributed by atoms with Gasteiger partial charge in [-0.05, 0) is 12.8 Å². The number of hydrogen-bond acceptors (Lipinski definition) is 2. The summed E-state index contributed by atoms with van der Waals surface area (Å²) in [6.45, 7) is 0.498. The molecule has 0 amide bonds. The summed E-state index contributed by atoms with van der Waals surface area (Å²) in [5, 5.41) is 11.9. The van der Waals surface area contributed by atoms with Gasteiger partial charge in [-0.15, -0.1) is 0 Å². The predicted molar refractivity (Wildman–Crippen MR) is 49.9 cm³/mol. The van der Waals surface area contributed by atoms with Crippen LogP contribution in [0.1, 0.15) is 32.1 Å². The van der Waals surface area contributed by atoms with Crippen molar-refractivity contribution in [2.45, 2.75) is 37.8 Å². The van der Waals surface area contributed by atoms with Gasteiger partial charge < -0.3 is 10.4 Å². The minimum absolute atomic E-state index is 0.0255. The lowest BCUT2D eigenvalue weighted by Gasteiger charge is -2.39. The van der Waals surface area contributed by atoms with Crippen LogP contribution in [0, 0.1) is 5.41 Å². The lowest BCUT2D eigenvalue weighted by molar-refractivity contribution is -0.159. The quantitative estimate of drug-likeness (QED) is 0.673. The lowest BCUT2D eigenvalue weighted by atomic mass is 9.66. The van der Waals surface area contributed by atoms with Crippen LogP contribution in [0.15, 0.2) is 0 Å². The number of carboxylic acid groups (broad SMARTS) is 1. The molecule has 80 valence electrons. The molecule has 3 nitrogen and oxygen atoms in total. The van der Waals surface area contributed by atoms with Crippen LogP contribution in [0.3, 0.4) is 0 Å². The van der Waals surface area contributed by atoms with E-state index in [2.05, 4.69) is 5.32 Å². The van der Waals surface area contributed by atoms with Gasteiger partial charge in [0, 0.05) is 18.5 Å². The molecule has 0 bridgehead atoms. The summed E-state index contributed by atoms with van der Waals surface area (Å²) in [6.07, 6.45) is 4.45. The fourth-order valence-electron chi connectivity index (χ4n) is 2.91. The van der Waals surface area contributed by atoms with Gasteiger partial charge in [-0.1, -0.05) is 19.3 Å². The normalized spacial score (nSPS) is 36.1. The number of rotatable bonds is 1. The van der Waals surface area contributed by atoms with E-state index in [0.717, 1.165) is 19.3 Å². The molecule has 1 saturated heterocycles. The van der Waals surface area contributed by atoms with Crippen molar-refractivity contribution in [2.24, 2.45) is 5.41 Å². The first-order valence-electron chi connectivity index (χ1n) is 5.24. The van der Waals surface area contributed by atoms with Crippen molar-refractivity contribution in [3.63, 3.8) is 0 Å². The third-order valence-electron chi connectivity index (χ3n) is 3.82. The van der Waals surface area contributed by atoms with Gasteiger partial charge in [-0.2, -0.15) is 0 Å². The largest absolute Gasteiger partial charge is 0.479 e. The van der Waals surface area contributed by atoms with Gasteiger partial charge in [-0.3, -0.25) is 0 Å². The first-order valence-corrected chi connectivity index (χ1v) is 5.24. The molecular weight excluding hydrogens is 185 g/mol. The molecule has 1 spiro atoms. The SMILES string of the molecule is O=C(O)C1(F)CNCC12CCCCC2. The van der Waals surface area contributed by atoms with Crippen LogP contribution in [0.5, 0.6) is 0 Å². The average molecular weight is 201 g/mol. The summed E-state index contributed by atoms with van der Waals surface area (Å²) < 4.78 is 14.3. The van der Waals surface area contributed by atoms with E-state index in [1.165, 1.54) is 0 Å². The van der Waals surface area contributed by atoms with Crippen LogP contribution in [-0.2, 0) is 4.79 Å². The van der Waals surface area contributed by atoms with Crippen LogP contribution in [0.2, 0.25) is 0 Å². The van der Waals surface area contributed by atoms with Crippen LogP contribution >= 0.6 is 0 Å². The van der Waals surface area contributed by atoms with E-state index < -0.39 is 17.1 Å². The molecule has 2 N–H and O–H groups in total. The molecule has 0 aromatic carbocycles. The number of carboxylic acids is 1. The molecule has 14 heavy (non-hydrogen) atoms. The molecule has 1 atom stereocenters. The van der Waals surface area contributed by atoms with Crippen molar-refractivity contribution >= 4 is 5.97 Å². The molecule has 1 aliphatic heterocycles. The second-order valence-electron chi connectivity index (χ2n) is 4.55. The highest BCUT2D eigenvalue weighted by Gasteiger charge is 2.60. The predicted octanol–water partition coefficient (Wildman–Crippen LogP) is 1.33. The van der Waals surface area contributed by atoms with Gasteiger partial charge in [-0.25, -0.2) is 9.18 Å². The van der Waals surface area contributed by atoms with Gasteiger partial charge in [0.1, 0.15) is 0 Å². The molecule has 4 heteroatoms. The molecule has 2 rings (SSSR count). The number of halogens is 1. The fourth-order valence-corrected chi connectivity index (χ4v) is 2.91. The van der Waals surface area contributed by atoms with Gasteiger partial charge in [0.2, 0.25) is 5.67 Å². The van der Waals surface area contributed by atoms with Crippen LogP contribution in [0.4, 0.5) is 4.39 Å². The first kappa shape index (κ1) is 9.90. The Morgan fingerprint density at radius 2 is 1.86 bits per heavy atom. The number of nitrogens with one attached hydrogen (secondary N) is 1. The Hall–Kier alpha value is -0.640. The molecule has 1 heterocycles. The zero-order valence-electron chi connectivity index (χ0n) is 8.18. The first-order chi connectivity index (χ1) is 6.61. The summed E-state index contributed by atoms with van der Waals surface area (Å²) >= 11 is 0.